The molecule has 0 heterocycles. The van der Waals surface area contributed by atoms with Gasteiger partial charge in [-0.2, -0.15) is 13.2 Å². The van der Waals surface area contributed by atoms with Crippen molar-refractivity contribution in [1.82, 2.24) is 0 Å². The second kappa shape index (κ2) is 5.83. The number of esters is 1. The van der Waals surface area contributed by atoms with Crippen LogP contribution in [0.2, 0.25) is 0 Å². The number of hydrogen-bond donors (Lipinski definition) is 0. The van der Waals surface area contributed by atoms with Crippen LogP contribution < -0.4 is 0 Å². The minimum atomic E-state index is -4.48. The highest BCUT2D eigenvalue weighted by Crippen LogP contribution is 2.29. The molecule has 0 saturated heterocycles. The van der Waals surface area contributed by atoms with Crippen molar-refractivity contribution < 1.29 is 32.2 Å². The van der Waals surface area contributed by atoms with Gasteiger partial charge in [0.05, 0.1) is 12.7 Å². The number of rotatable bonds is 4. The van der Waals surface area contributed by atoms with Gasteiger partial charge in [0.15, 0.2) is 0 Å². The van der Waals surface area contributed by atoms with Crippen molar-refractivity contribution in [2.75, 3.05) is 14.2 Å². The molecule has 7 heteroatoms. The lowest BCUT2D eigenvalue weighted by Gasteiger charge is -2.12. The Kier molecular flexibility index (Phi) is 4.66. The molecule has 1 unspecified atom stereocenters. The van der Waals surface area contributed by atoms with E-state index in [1.165, 1.54) is 0 Å². The van der Waals surface area contributed by atoms with E-state index < -0.39 is 29.6 Å². The number of benzene rings is 1. The Bertz CT molecular complexity index is 465. The van der Waals surface area contributed by atoms with Crippen LogP contribution in [0.5, 0.6) is 0 Å². The Morgan fingerprint density at radius 3 is 2.00 bits per heavy atom. The molecule has 0 aliphatic heterocycles. The Labute approximate surface area is 107 Å². The number of Topliss-reactive ketones (excluding diaryl/α,β-unsaturated/α-hetero) is 1. The Morgan fingerprint density at radius 2 is 1.63 bits per heavy atom. The minimum Gasteiger partial charge on any atom is -0.467 e. The molecule has 0 aromatic heterocycles. The van der Waals surface area contributed by atoms with Gasteiger partial charge in [0.2, 0.25) is 11.9 Å². The molecular weight excluding hydrogens is 265 g/mol. The minimum absolute atomic E-state index is 0.0646. The highest BCUT2D eigenvalue weighted by atomic mass is 19.4. The van der Waals surface area contributed by atoms with Crippen LogP contribution in [0, 0.1) is 0 Å². The first-order valence-electron chi connectivity index (χ1n) is 5.13. The maximum atomic E-state index is 12.3. The molecule has 19 heavy (non-hydrogen) atoms. The fourth-order valence-electron chi connectivity index (χ4n) is 1.39. The van der Waals surface area contributed by atoms with Gasteiger partial charge in [-0.3, -0.25) is 4.79 Å². The van der Waals surface area contributed by atoms with Crippen molar-refractivity contribution in [3.8, 4) is 0 Å². The molecule has 0 amide bonds. The first-order valence-corrected chi connectivity index (χ1v) is 5.13. The number of carbonyl (C=O) groups excluding carboxylic acids is 2. The third-order valence-corrected chi connectivity index (χ3v) is 2.39. The van der Waals surface area contributed by atoms with E-state index in [2.05, 4.69) is 9.47 Å². The van der Waals surface area contributed by atoms with E-state index in [0.717, 1.165) is 38.5 Å². The van der Waals surface area contributed by atoms with Crippen LogP contribution >= 0.6 is 0 Å². The first-order chi connectivity index (χ1) is 8.81. The lowest BCUT2D eigenvalue weighted by Crippen LogP contribution is -2.33. The van der Waals surface area contributed by atoms with Crippen LogP contribution in [-0.2, 0) is 20.4 Å². The predicted molar refractivity (Wildman–Crippen MR) is 58.6 cm³/mol. The Hall–Kier alpha value is -1.89. The summed E-state index contributed by atoms with van der Waals surface area (Å²) in [5.41, 5.74) is -0.943. The molecule has 104 valence electrons. The molecule has 4 nitrogen and oxygen atoms in total. The van der Waals surface area contributed by atoms with Gasteiger partial charge in [0.1, 0.15) is 0 Å². The number of hydrogen-bond acceptors (Lipinski definition) is 4. The van der Waals surface area contributed by atoms with Gasteiger partial charge in [0.25, 0.3) is 0 Å². The van der Waals surface area contributed by atoms with Gasteiger partial charge in [-0.25, -0.2) is 4.79 Å². The predicted octanol–water partition coefficient (Wildman–Crippen LogP) is 2.08. The van der Waals surface area contributed by atoms with Crippen LogP contribution in [0.1, 0.15) is 15.9 Å². The number of alkyl halides is 3. The zero-order chi connectivity index (χ0) is 14.6. The lowest BCUT2D eigenvalue weighted by molar-refractivity contribution is -0.149. The monoisotopic (exact) mass is 276 g/mol. The molecule has 1 aromatic rings. The molecule has 1 atom stereocenters. The van der Waals surface area contributed by atoms with Gasteiger partial charge in [-0.05, 0) is 12.1 Å². The van der Waals surface area contributed by atoms with Crippen molar-refractivity contribution in [3.63, 3.8) is 0 Å². The van der Waals surface area contributed by atoms with E-state index in [1.54, 1.807) is 0 Å². The molecular formula is C12H11F3O4. The molecule has 0 radical (unpaired) electrons. The summed E-state index contributed by atoms with van der Waals surface area (Å²) in [4.78, 5) is 23.1. The molecule has 0 bridgehead atoms. The first kappa shape index (κ1) is 15.2. The summed E-state index contributed by atoms with van der Waals surface area (Å²) >= 11 is 0. The zero-order valence-corrected chi connectivity index (χ0v) is 10.2. The molecule has 1 aromatic carbocycles. The highest BCUT2D eigenvalue weighted by molar-refractivity contribution is 6.11. The normalized spacial score (nSPS) is 12.9. The number of methoxy groups -OCH3 is 2. The average molecular weight is 276 g/mol. The SMILES string of the molecule is COC(=O)C(OC)C(=O)c1ccc(C(F)(F)F)cc1. The number of halogens is 3. The molecule has 0 fully saturated rings. The fourth-order valence-corrected chi connectivity index (χ4v) is 1.39. The largest absolute Gasteiger partial charge is 0.467 e. The van der Waals surface area contributed by atoms with Crippen molar-refractivity contribution >= 4 is 11.8 Å². The number of carbonyl (C=O) groups is 2. The summed E-state index contributed by atoms with van der Waals surface area (Å²) in [5, 5.41) is 0. The van der Waals surface area contributed by atoms with E-state index in [0.29, 0.717) is 0 Å². The number of ketones is 1. The fraction of sp³-hybridized carbons (Fsp3) is 0.333. The maximum Gasteiger partial charge on any atom is 0.416 e. The summed E-state index contributed by atoms with van der Waals surface area (Å²) in [6.07, 6.45) is -5.97. The van der Waals surface area contributed by atoms with Gasteiger partial charge in [0, 0.05) is 12.7 Å². The molecule has 0 saturated carbocycles. The standard InChI is InChI=1S/C12H11F3O4/c1-18-10(11(17)19-2)9(16)7-3-5-8(6-4-7)12(13,14)15/h3-6,10H,1-2H3. The summed E-state index contributed by atoms with van der Waals surface area (Å²) in [5.74, 6) is -1.67. The van der Waals surface area contributed by atoms with Crippen LogP contribution in [0.3, 0.4) is 0 Å². The molecule has 1 rings (SSSR count). The molecule has 0 aliphatic rings. The van der Waals surface area contributed by atoms with Crippen molar-refractivity contribution in [2.45, 2.75) is 12.3 Å². The second-order valence-corrected chi connectivity index (χ2v) is 3.58. The van der Waals surface area contributed by atoms with Crippen molar-refractivity contribution in [1.29, 1.82) is 0 Å². The van der Waals surface area contributed by atoms with Gasteiger partial charge >= 0.3 is 12.1 Å². The number of ether oxygens (including phenoxy) is 2. The summed E-state index contributed by atoms with van der Waals surface area (Å²) in [6.45, 7) is 0. The lowest BCUT2D eigenvalue weighted by atomic mass is 10.0. The third kappa shape index (κ3) is 3.54. The summed E-state index contributed by atoms with van der Waals surface area (Å²) in [6, 6.07) is 3.49. The highest BCUT2D eigenvalue weighted by Gasteiger charge is 2.32. The second-order valence-electron chi connectivity index (χ2n) is 3.58. The van der Waals surface area contributed by atoms with Crippen LogP contribution in [0.25, 0.3) is 0 Å². The van der Waals surface area contributed by atoms with Gasteiger partial charge in [-0.15, -0.1) is 0 Å². The average Bonchev–Trinajstić information content (AvgIpc) is 2.38. The summed E-state index contributed by atoms with van der Waals surface area (Å²) < 4.78 is 46.1. The summed E-state index contributed by atoms with van der Waals surface area (Å²) in [7, 11) is 2.21. The Balaban J connectivity index is 2.97. The third-order valence-electron chi connectivity index (χ3n) is 2.39. The van der Waals surface area contributed by atoms with Gasteiger partial charge in [-0.1, -0.05) is 12.1 Å². The molecule has 0 aliphatic carbocycles. The smallest absolute Gasteiger partial charge is 0.416 e. The van der Waals surface area contributed by atoms with Crippen LogP contribution in [0.4, 0.5) is 13.2 Å². The van der Waals surface area contributed by atoms with Crippen molar-refractivity contribution in [2.24, 2.45) is 0 Å². The quantitative estimate of drug-likeness (QED) is 0.480. The van der Waals surface area contributed by atoms with Crippen molar-refractivity contribution in [3.05, 3.63) is 35.4 Å². The molecule has 0 spiro atoms. The van der Waals surface area contributed by atoms with Crippen LogP contribution in [0.15, 0.2) is 24.3 Å². The van der Waals surface area contributed by atoms with E-state index in [1.807, 2.05) is 0 Å². The van der Waals surface area contributed by atoms with E-state index >= 15 is 0 Å². The zero-order valence-electron chi connectivity index (χ0n) is 10.2. The Morgan fingerprint density at radius 1 is 1.11 bits per heavy atom. The topological polar surface area (TPSA) is 52.6 Å². The van der Waals surface area contributed by atoms with E-state index in [-0.39, 0.29) is 5.56 Å². The maximum absolute atomic E-state index is 12.3. The van der Waals surface area contributed by atoms with Crippen LogP contribution in [-0.4, -0.2) is 32.1 Å². The van der Waals surface area contributed by atoms with E-state index in [4.69, 9.17) is 0 Å². The van der Waals surface area contributed by atoms with Gasteiger partial charge < -0.3 is 9.47 Å². The molecule has 0 N–H and O–H groups in total. The van der Waals surface area contributed by atoms with E-state index in [9.17, 15) is 22.8 Å².